The summed E-state index contributed by atoms with van der Waals surface area (Å²) in [4.78, 5) is 14.3. The summed E-state index contributed by atoms with van der Waals surface area (Å²) in [7, 11) is 0. The van der Waals surface area contributed by atoms with Crippen LogP contribution in [-0.2, 0) is 13.1 Å². The second kappa shape index (κ2) is 11.1. The van der Waals surface area contributed by atoms with Crippen LogP contribution in [0.25, 0.3) is 0 Å². The average Bonchev–Trinajstić information content (AvgIpc) is 2.89. The van der Waals surface area contributed by atoms with Gasteiger partial charge in [0.25, 0.3) is 0 Å². The van der Waals surface area contributed by atoms with E-state index in [1.165, 1.54) is 44.3 Å². The van der Waals surface area contributed by atoms with Crippen LogP contribution in [0, 0.1) is 0 Å². The Morgan fingerprint density at radius 2 is 1.88 bits per heavy atom. The van der Waals surface area contributed by atoms with Crippen molar-refractivity contribution < 1.29 is 9.90 Å². The molecule has 140 valence electrons. The molecule has 1 aliphatic rings. The molecule has 1 aromatic carbocycles. The van der Waals surface area contributed by atoms with Crippen molar-refractivity contribution in [3.05, 3.63) is 35.4 Å². The summed E-state index contributed by atoms with van der Waals surface area (Å²) in [5.74, 6) is 0. The van der Waals surface area contributed by atoms with E-state index >= 15 is 0 Å². The van der Waals surface area contributed by atoms with Gasteiger partial charge in [-0.2, -0.15) is 0 Å². The summed E-state index contributed by atoms with van der Waals surface area (Å²) in [5.41, 5.74) is 2.43. The van der Waals surface area contributed by atoms with Gasteiger partial charge in [-0.15, -0.1) is 0 Å². The second-order valence-electron chi connectivity index (χ2n) is 6.97. The zero-order valence-electron chi connectivity index (χ0n) is 15.5. The van der Waals surface area contributed by atoms with E-state index in [2.05, 4.69) is 33.7 Å². The molecule has 1 saturated heterocycles. The molecule has 0 saturated carbocycles. The number of amides is 2. The molecule has 0 radical (unpaired) electrons. The Morgan fingerprint density at radius 1 is 1.16 bits per heavy atom. The van der Waals surface area contributed by atoms with Crippen molar-refractivity contribution in [3.63, 3.8) is 0 Å². The maximum absolute atomic E-state index is 11.8. The lowest BCUT2D eigenvalue weighted by Crippen LogP contribution is -2.36. The molecule has 1 unspecified atom stereocenters. The molecule has 3 N–H and O–H groups in total. The number of aliphatic hydroxyl groups is 1. The number of carbonyl (C=O) groups excluding carboxylic acids is 1. The standard InChI is InChI=1S/C20H33N3O2/c1-2-19(24)10-11-21-20(25)22-15-17-8-7-9-18(14-17)16-23-12-5-3-4-6-13-23/h7-9,14,19,24H,2-6,10-13,15-16H2,1H3,(H2,21,22,25). The van der Waals surface area contributed by atoms with Crippen molar-refractivity contribution in [2.75, 3.05) is 19.6 Å². The Balaban J connectivity index is 1.73. The fourth-order valence-corrected chi connectivity index (χ4v) is 3.19. The van der Waals surface area contributed by atoms with Crippen molar-refractivity contribution in [2.24, 2.45) is 0 Å². The minimum Gasteiger partial charge on any atom is -0.393 e. The topological polar surface area (TPSA) is 64.6 Å². The smallest absolute Gasteiger partial charge is 0.315 e. The van der Waals surface area contributed by atoms with Crippen LogP contribution >= 0.6 is 0 Å². The van der Waals surface area contributed by atoms with Crippen molar-refractivity contribution in [3.8, 4) is 0 Å². The number of carbonyl (C=O) groups is 1. The third-order valence-corrected chi connectivity index (χ3v) is 4.78. The molecule has 1 fully saturated rings. The van der Waals surface area contributed by atoms with Crippen molar-refractivity contribution in [1.82, 2.24) is 15.5 Å². The Hall–Kier alpha value is -1.59. The molecule has 25 heavy (non-hydrogen) atoms. The fourth-order valence-electron chi connectivity index (χ4n) is 3.19. The third-order valence-electron chi connectivity index (χ3n) is 4.78. The molecule has 0 aromatic heterocycles. The maximum atomic E-state index is 11.8. The summed E-state index contributed by atoms with van der Waals surface area (Å²) in [6.45, 7) is 6.33. The number of hydrogen-bond acceptors (Lipinski definition) is 3. The first-order valence-corrected chi connectivity index (χ1v) is 9.67. The molecule has 2 rings (SSSR count). The van der Waals surface area contributed by atoms with E-state index in [0.29, 0.717) is 25.9 Å². The molecule has 5 heteroatoms. The van der Waals surface area contributed by atoms with Gasteiger partial charge in [-0.1, -0.05) is 44.0 Å². The van der Waals surface area contributed by atoms with Crippen LogP contribution in [0.2, 0.25) is 0 Å². The first-order chi connectivity index (χ1) is 12.2. The zero-order chi connectivity index (χ0) is 17.9. The first kappa shape index (κ1) is 19.7. The third kappa shape index (κ3) is 7.88. The van der Waals surface area contributed by atoms with Gasteiger partial charge >= 0.3 is 6.03 Å². The van der Waals surface area contributed by atoms with E-state index in [-0.39, 0.29) is 12.1 Å². The number of urea groups is 1. The molecule has 0 spiro atoms. The molecule has 1 aliphatic heterocycles. The molecule has 5 nitrogen and oxygen atoms in total. The van der Waals surface area contributed by atoms with Gasteiger partial charge in [0.1, 0.15) is 0 Å². The van der Waals surface area contributed by atoms with Gasteiger partial charge in [0.2, 0.25) is 0 Å². The van der Waals surface area contributed by atoms with Gasteiger partial charge in [-0.05, 0) is 49.9 Å². The van der Waals surface area contributed by atoms with E-state index in [1.54, 1.807) is 0 Å². The summed E-state index contributed by atoms with van der Waals surface area (Å²) >= 11 is 0. The summed E-state index contributed by atoms with van der Waals surface area (Å²) < 4.78 is 0. The van der Waals surface area contributed by atoms with Gasteiger partial charge in [0, 0.05) is 19.6 Å². The number of rotatable bonds is 8. The molecule has 1 atom stereocenters. The van der Waals surface area contributed by atoms with Gasteiger partial charge in [-0.3, -0.25) is 4.90 Å². The quantitative estimate of drug-likeness (QED) is 0.677. The maximum Gasteiger partial charge on any atom is 0.315 e. The van der Waals surface area contributed by atoms with Crippen LogP contribution in [-0.4, -0.2) is 41.8 Å². The van der Waals surface area contributed by atoms with Gasteiger partial charge in [0.15, 0.2) is 0 Å². The van der Waals surface area contributed by atoms with Crippen LogP contribution in [0.1, 0.15) is 56.6 Å². The molecule has 0 aliphatic carbocycles. The van der Waals surface area contributed by atoms with Gasteiger partial charge < -0.3 is 15.7 Å². The highest BCUT2D eigenvalue weighted by molar-refractivity contribution is 5.73. The monoisotopic (exact) mass is 347 g/mol. The van der Waals surface area contributed by atoms with Crippen LogP contribution < -0.4 is 10.6 Å². The average molecular weight is 348 g/mol. The summed E-state index contributed by atoms with van der Waals surface area (Å²) in [6.07, 6.45) is 6.27. The van der Waals surface area contributed by atoms with Crippen LogP contribution in [0.15, 0.2) is 24.3 Å². The number of likely N-dealkylation sites (tertiary alicyclic amines) is 1. The largest absolute Gasteiger partial charge is 0.393 e. The number of benzene rings is 1. The Kier molecular flexibility index (Phi) is 8.77. The molecular weight excluding hydrogens is 314 g/mol. The Labute approximate surface area is 151 Å². The normalized spacial score (nSPS) is 16.9. The van der Waals surface area contributed by atoms with E-state index in [1.807, 2.05) is 13.0 Å². The minimum atomic E-state index is -0.337. The SMILES string of the molecule is CCC(O)CCNC(=O)NCc1cccc(CN2CCCCCC2)c1. The van der Waals surface area contributed by atoms with Crippen molar-refractivity contribution in [2.45, 2.75) is 64.6 Å². The molecule has 1 aromatic rings. The zero-order valence-corrected chi connectivity index (χ0v) is 15.5. The molecular formula is C20H33N3O2. The number of nitrogens with one attached hydrogen (secondary N) is 2. The predicted octanol–water partition coefficient (Wildman–Crippen LogP) is 3.02. The van der Waals surface area contributed by atoms with Crippen LogP contribution in [0.4, 0.5) is 4.79 Å². The lowest BCUT2D eigenvalue weighted by atomic mass is 10.1. The van der Waals surface area contributed by atoms with Crippen LogP contribution in [0.5, 0.6) is 0 Å². The summed E-state index contributed by atoms with van der Waals surface area (Å²) in [6, 6.07) is 8.29. The molecule has 0 bridgehead atoms. The highest BCUT2D eigenvalue weighted by Gasteiger charge is 2.10. The van der Waals surface area contributed by atoms with E-state index in [4.69, 9.17) is 0 Å². The minimum absolute atomic E-state index is 0.179. The predicted molar refractivity (Wildman–Crippen MR) is 101 cm³/mol. The first-order valence-electron chi connectivity index (χ1n) is 9.67. The van der Waals surface area contributed by atoms with Gasteiger partial charge in [-0.25, -0.2) is 4.79 Å². The fraction of sp³-hybridized carbons (Fsp3) is 0.650. The van der Waals surface area contributed by atoms with Crippen LogP contribution in [0.3, 0.4) is 0 Å². The number of nitrogens with zero attached hydrogens (tertiary/aromatic N) is 1. The highest BCUT2D eigenvalue weighted by atomic mass is 16.3. The van der Waals surface area contributed by atoms with Crippen molar-refractivity contribution >= 4 is 6.03 Å². The molecule has 2 amide bonds. The van der Waals surface area contributed by atoms with Crippen molar-refractivity contribution in [1.29, 1.82) is 0 Å². The highest BCUT2D eigenvalue weighted by Crippen LogP contribution is 2.14. The number of hydrogen-bond donors (Lipinski definition) is 3. The van der Waals surface area contributed by atoms with Gasteiger partial charge in [0.05, 0.1) is 6.10 Å². The second-order valence-corrected chi connectivity index (χ2v) is 6.97. The van der Waals surface area contributed by atoms with E-state index in [9.17, 15) is 9.90 Å². The van der Waals surface area contributed by atoms with E-state index in [0.717, 1.165) is 12.1 Å². The Morgan fingerprint density at radius 3 is 2.60 bits per heavy atom. The number of aliphatic hydroxyl groups excluding tert-OH is 1. The lowest BCUT2D eigenvalue weighted by molar-refractivity contribution is 0.160. The Bertz CT molecular complexity index is 513. The lowest BCUT2D eigenvalue weighted by Gasteiger charge is -2.20. The van der Waals surface area contributed by atoms with E-state index < -0.39 is 0 Å². The molecule has 1 heterocycles. The summed E-state index contributed by atoms with van der Waals surface area (Å²) in [5, 5.41) is 15.2.